The highest BCUT2D eigenvalue weighted by molar-refractivity contribution is 7.80. The molecule has 0 bridgehead atoms. The van der Waals surface area contributed by atoms with Crippen LogP contribution in [0.2, 0.25) is 0 Å². The summed E-state index contributed by atoms with van der Waals surface area (Å²) in [6, 6.07) is 1.72. The fraction of sp³-hybridized carbons (Fsp3) is 0.500. The average molecular weight is 408 g/mol. The highest BCUT2D eigenvalue weighted by Crippen LogP contribution is 2.40. The molecule has 2 rings (SSSR count). The number of alkyl halides is 6. The molecule has 0 saturated heterocycles. The molecule has 2 atom stereocenters. The zero-order chi connectivity index (χ0) is 20.6. The van der Waals surface area contributed by atoms with Crippen molar-refractivity contribution in [3.63, 3.8) is 0 Å². The van der Waals surface area contributed by atoms with Crippen LogP contribution in [-0.4, -0.2) is 22.7 Å². The van der Waals surface area contributed by atoms with Crippen molar-refractivity contribution in [1.82, 2.24) is 0 Å². The van der Waals surface area contributed by atoms with E-state index in [-0.39, 0.29) is 22.7 Å². The van der Waals surface area contributed by atoms with Gasteiger partial charge in [0.05, 0.1) is 17.2 Å². The number of thiocarbonyl (C=S) groups is 1. The van der Waals surface area contributed by atoms with Crippen molar-refractivity contribution in [3.8, 4) is 6.07 Å². The molecular weight excluding hydrogens is 394 g/mol. The van der Waals surface area contributed by atoms with Gasteiger partial charge >= 0.3 is 12.4 Å². The standard InChI is InChI=1S/C16H14F6N4S/c1-3-9-10(5-4-8(7-23)12(9)16(20,21)22)24-13(27)14(2)6-11(25-26-14)15(17,18)19/h4-5,11H,3,6H2,1-2H3,(H,24,27). The summed E-state index contributed by atoms with van der Waals surface area (Å²) < 4.78 is 78.6. The van der Waals surface area contributed by atoms with Gasteiger partial charge in [0, 0.05) is 12.1 Å². The lowest BCUT2D eigenvalue weighted by Crippen LogP contribution is -2.39. The van der Waals surface area contributed by atoms with Gasteiger partial charge in [0.25, 0.3) is 0 Å². The Labute approximate surface area is 156 Å². The van der Waals surface area contributed by atoms with Crippen molar-refractivity contribution < 1.29 is 26.3 Å². The molecule has 1 aliphatic heterocycles. The van der Waals surface area contributed by atoms with Crippen LogP contribution in [0, 0.1) is 11.3 Å². The van der Waals surface area contributed by atoms with E-state index in [9.17, 15) is 26.3 Å². The quantitative estimate of drug-likeness (QED) is 0.536. The fourth-order valence-electron chi connectivity index (χ4n) is 2.78. The first-order chi connectivity index (χ1) is 12.3. The zero-order valence-corrected chi connectivity index (χ0v) is 15.0. The Balaban J connectivity index is 2.37. The van der Waals surface area contributed by atoms with Crippen LogP contribution in [0.5, 0.6) is 0 Å². The summed E-state index contributed by atoms with van der Waals surface area (Å²) in [7, 11) is 0. The molecule has 0 saturated carbocycles. The second-order valence-electron chi connectivity index (χ2n) is 6.18. The number of anilines is 1. The Hall–Kier alpha value is -2.22. The van der Waals surface area contributed by atoms with Crippen molar-refractivity contribution in [1.29, 1.82) is 5.26 Å². The molecule has 0 aromatic heterocycles. The van der Waals surface area contributed by atoms with E-state index in [1.54, 1.807) is 0 Å². The van der Waals surface area contributed by atoms with Gasteiger partial charge in [-0.3, -0.25) is 0 Å². The number of nitriles is 1. The summed E-state index contributed by atoms with van der Waals surface area (Å²) in [6.07, 6.45) is -9.96. The predicted octanol–water partition coefficient (Wildman–Crippen LogP) is 5.42. The van der Waals surface area contributed by atoms with E-state index < -0.39 is 41.5 Å². The van der Waals surface area contributed by atoms with Crippen molar-refractivity contribution >= 4 is 22.9 Å². The minimum Gasteiger partial charge on any atom is -0.348 e. The molecule has 0 aliphatic carbocycles. The van der Waals surface area contributed by atoms with Crippen LogP contribution >= 0.6 is 12.2 Å². The minimum absolute atomic E-state index is 0.0271. The first-order valence-electron chi connectivity index (χ1n) is 7.77. The van der Waals surface area contributed by atoms with E-state index in [2.05, 4.69) is 15.5 Å². The van der Waals surface area contributed by atoms with Crippen LogP contribution in [0.4, 0.5) is 32.0 Å². The molecule has 1 aliphatic rings. The summed E-state index contributed by atoms with van der Waals surface area (Å²) in [5, 5.41) is 18.3. The summed E-state index contributed by atoms with van der Waals surface area (Å²) in [5.74, 6) is 0. The van der Waals surface area contributed by atoms with Gasteiger partial charge in [-0.25, -0.2) is 0 Å². The number of rotatable bonds is 3. The van der Waals surface area contributed by atoms with Crippen LogP contribution in [0.1, 0.15) is 37.0 Å². The van der Waals surface area contributed by atoms with E-state index in [0.29, 0.717) is 0 Å². The van der Waals surface area contributed by atoms with Gasteiger partial charge in [0.15, 0.2) is 6.04 Å². The minimum atomic E-state index is -4.77. The van der Waals surface area contributed by atoms with Crippen LogP contribution in [-0.2, 0) is 12.6 Å². The number of nitrogens with zero attached hydrogens (tertiary/aromatic N) is 3. The molecule has 2 unspecified atom stereocenters. The number of nitrogens with one attached hydrogen (secondary N) is 1. The largest absolute Gasteiger partial charge is 0.418 e. The molecule has 1 N–H and O–H groups in total. The Bertz CT molecular complexity index is 824. The maximum atomic E-state index is 13.4. The molecule has 0 radical (unpaired) electrons. The van der Waals surface area contributed by atoms with Crippen molar-refractivity contribution in [2.75, 3.05) is 5.32 Å². The topological polar surface area (TPSA) is 60.5 Å². The number of hydrogen-bond donors (Lipinski definition) is 1. The molecule has 4 nitrogen and oxygen atoms in total. The Kier molecular flexibility index (Phi) is 5.52. The Morgan fingerprint density at radius 1 is 1.33 bits per heavy atom. The van der Waals surface area contributed by atoms with Crippen LogP contribution in [0.3, 0.4) is 0 Å². The van der Waals surface area contributed by atoms with E-state index >= 15 is 0 Å². The first-order valence-corrected chi connectivity index (χ1v) is 8.17. The third-order valence-corrected chi connectivity index (χ3v) is 4.74. The lowest BCUT2D eigenvalue weighted by Gasteiger charge is -2.25. The van der Waals surface area contributed by atoms with Gasteiger partial charge in [-0.15, -0.1) is 0 Å². The maximum Gasteiger partial charge on any atom is 0.418 e. The molecule has 146 valence electrons. The molecule has 0 fully saturated rings. The smallest absolute Gasteiger partial charge is 0.348 e. The summed E-state index contributed by atoms with van der Waals surface area (Å²) >= 11 is 5.11. The first kappa shape index (κ1) is 21.1. The number of azo groups is 1. The summed E-state index contributed by atoms with van der Waals surface area (Å²) in [4.78, 5) is -0.175. The fourth-order valence-corrected chi connectivity index (χ4v) is 3.01. The van der Waals surface area contributed by atoms with E-state index in [0.717, 1.165) is 6.07 Å². The molecule has 1 aromatic carbocycles. The second kappa shape index (κ2) is 7.07. The number of hydrogen-bond acceptors (Lipinski definition) is 4. The number of benzene rings is 1. The van der Waals surface area contributed by atoms with Crippen LogP contribution in [0.15, 0.2) is 22.4 Å². The van der Waals surface area contributed by atoms with Gasteiger partial charge in [-0.2, -0.15) is 41.8 Å². The van der Waals surface area contributed by atoms with Crippen molar-refractivity contribution in [2.24, 2.45) is 10.2 Å². The highest BCUT2D eigenvalue weighted by atomic mass is 32.1. The van der Waals surface area contributed by atoms with E-state index in [1.165, 1.54) is 26.0 Å². The normalized spacial score (nSPS) is 22.6. The third-order valence-electron chi connectivity index (χ3n) is 4.19. The van der Waals surface area contributed by atoms with E-state index in [1.807, 2.05) is 0 Å². The molecule has 1 aromatic rings. The van der Waals surface area contributed by atoms with E-state index in [4.69, 9.17) is 17.5 Å². The van der Waals surface area contributed by atoms with Crippen LogP contribution < -0.4 is 5.32 Å². The van der Waals surface area contributed by atoms with Crippen molar-refractivity contribution in [2.45, 2.75) is 50.6 Å². The van der Waals surface area contributed by atoms with Gasteiger partial charge in [-0.1, -0.05) is 19.1 Å². The van der Waals surface area contributed by atoms with Gasteiger partial charge in [0.2, 0.25) is 0 Å². The predicted molar refractivity (Wildman–Crippen MR) is 89.5 cm³/mol. The van der Waals surface area contributed by atoms with Gasteiger partial charge in [0.1, 0.15) is 10.5 Å². The number of halogens is 6. The monoisotopic (exact) mass is 408 g/mol. The molecule has 0 spiro atoms. The Morgan fingerprint density at radius 3 is 2.41 bits per heavy atom. The lowest BCUT2D eigenvalue weighted by molar-refractivity contribution is -0.147. The summed E-state index contributed by atoms with van der Waals surface area (Å²) in [5.41, 5.74) is -3.35. The molecule has 11 heteroatoms. The molecule has 27 heavy (non-hydrogen) atoms. The molecular formula is C16H14F6N4S. The van der Waals surface area contributed by atoms with Crippen molar-refractivity contribution in [3.05, 3.63) is 28.8 Å². The second-order valence-corrected chi connectivity index (χ2v) is 6.59. The third kappa shape index (κ3) is 4.21. The highest BCUT2D eigenvalue weighted by Gasteiger charge is 2.50. The molecule has 1 heterocycles. The maximum absolute atomic E-state index is 13.4. The average Bonchev–Trinajstić information content (AvgIpc) is 2.97. The summed E-state index contributed by atoms with van der Waals surface area (Å²) in [6.45, 7) is 2.80. The van der Waals surface area contributed by atoms with Gasteiger partial charge in [-0.05, 0) is 31.0 Å². The molecule has 0 amide bonds. The Morgan fingerprint density at radius 2 is 1.96 bits per heavy atom. The SMILES string of the molecule is CCc1c(NC(=S)C2(C)CC(C(F)(F)F)N=N2)ccc(C#N)c1C(F)(F)F. The van der Waals surface area contributed by atoms with Crippen LogP contribution in [0.25, 0.3) is 0 Å². The lowest BCUT2D eigenvalue weighted by atomic mass is 9.93. The zero-order valence-electron chi connectivity index (χ0n) is 14.2. The van der Waals surface area contributed by atoms with Gasteiger partial charge < -0.3 is 5.32 Å².